The van der Waals surface area contributed by atoms with Crippen LogP contribution in [0.1, 0.15) is 21.6 Å². The summed E-state index contributed by atoms with van der Waals surface area (Å²) in [5, 5.41) is 19.2. The summed E-state index contributed by atoms with van der Waals surface area (Å²) < 4.78 is 6.63. The largest absolute Gasteiger partial charge is 0.497 e. The van der Waals surface area contributed by atoms with Crippen molar-refractivity contribution in [2.45, 2.75) is 13.3 Å². The fourth-order valence-corrected chi connectivity index (χ4v) is 3.58. The lowest BCUT2D eigenvalue weighted by molar-refractivity contribution is -0.157. The van der Waals surface area contributed by atoms with Crippen LogP contribution in [0.2, 0.25) is 5.02 Å². The van der Waals surface area contributed by atoms with Crippen molar-refractivity contribution in [2.24, 2.45) is 5.92 Å². The van der Waals surface area contributed by atoms with E-state index in [0.29, 0.717) is 38.5 Å². The molecular weight excluding hydrogens is 426 g/mol. The molecule has 8 nitrogen and oxygen atoms in total. The number of Topliss-reactive ketones (excluding diaryl/α,β-unsaturated/α-hetero) is 1. The zero-order valence-electron chi connectivity index (χ0n) is 16.6. The molecule has 0 bridgehead atoms. The molecule has 9 heteroatoms. The monoisotopic (exact) mass is 443 g/mol. The topological polar surface area (TPSA) is 123 Å². The van der Waals surface area contributed by atoms with E-state index in [9.17, 15) is 19.2 Å². The number of carbonyl (C=O) groups is 4. The summed E-state index contributed by atoms with van der Waals surface area (Å²) in [6.07, 6.45) is -0.473. The Labute approximate surface area is 181 Å². The van der Waals surface area contributed by atoms with Gasteiger partial charge >= 0.3 is 11.9 Å². The summed E-state index contributed by atoms with van der Waals surface area (Å²) in [5.74, 6) is -6.59. The van der Waals surface area contributed by atoms with Crippen LogP contribution in [0.25, 0.3) is 10.9 Å². The number of hydrogen-bond donors (Lipinski definition) is 2. The van der Waals surface area contributed by atoms with Crippen LogP contribution in [0.15, 0.2) is 42.5 Å². The fraction of sp³-hybridized carbons (Fsp3) is 0.182. The summed E-state index contributed by atoms with van der Waals surface area (Å²) in [4.78, 5) is 48.3. The van der Waals surface area contributed by atoms with Crippen LogP contribution in [0, 0.1) is 12.8 Å². The highest BCUT2D eigenvalue weighted by Gasteiger charge is 2.35. The first-order chi connectivity index (χ1) is 14.6. The maximum absolute atomic E-state index is 13.2. The van der Waals surface area contributed by atoms with Crippen molar-refractivity contribution in [3.63, 3.8) is 0 Å². The summed E-state index contributed by atoms with van der Waals surface area (Å²) in [5.41, 5.74) is 1.58. The number of ketones is 1. The molecule has 0 saturated carbocycles. The van der Waals surface area contributed by atoms with Gasteiger partial charge in [-0.05, 0) is 55.0 Å². The van der Waals surface area contributed by atoms with E-state index in [1.165, 1.54) is 11.7 Å². The Hall–Kier alpha value is -3.65. The summed E-state index contributed by atoms with van der Waals surface area (Å²) >= 11 is 5.90. The molecule has 3 aromatic rings. The number of carboxylic acids is 2. The maximum atomic E-state index is 13.2. The van der Waals surface area contributed by atoms with E-state index in [2.05, 4.69) is 0 Å². The zero-order chi connectivity index (χ0) is 22.9. The second-order valence-electron chi connectivity index (χ2n) is 6.85. The van der Waals surface area contributed by atoms with E-state index >= 15 is 0 Å². The Kier molecular flexibility index (Phi) is 6.12. The van der Waals surface area contributed by atoms with Crippen molar-refractivity contribution < 1.29 is 34.1 Å². The lowest BCUT2D eigenvalue weighted by Gasteiger charge is -2.09. The van der Waals surface area contributed by atoms with E-state index in [4.69, 9.17) is 26.6 Å². The van der Waals surface area contributed by atoms with E-state index < -0.39 is 30.1 Å². The third kappa shape index (κ3) is 4.15. The van der Waals surface area contributed by atoms with Crippen LogP contribution in [-0.2, 0) is 20.8 Å². The predicted molar refractivity (Wildman–Crippen MR) is 112 cm³/mol. The van der Waals surface area contributed by atoms with Gasteiger partial charge in [-0.15, -0.1) is 0 Å². The number of halogens is 1. The van der Waals surface area contributed by atoms with Gasteiger partial charge in [0.15, 0.2) is 5.78 Å². The molecule has 0 aliphatic rings. The predicted octanol–water partition coefficient (Wildman–Crippen LogP) is 3.20. The highest BCUT2D eigenvalue weighted by molar-refractivity contribution is 6.30. The standard InChI is InChI=1S/C22H18ClNO7/c1-11-15(10-18(25)19(21(27)28)22(29)30)16-9-14(31-2)7-8-17(16)24(11)20(26)12-3-5-13(23)6-4-12/h3-9,19H,10H2,1-2H3,(H,27,28)(H,29,30). The Bertz CT molecular complexity index is 1200. The second kappa shape index (κ2) is 8.61. The number of ether oxygens (including phenoxy) is 1. The van der Waals surface area contributed by atoms with Crippen molar-refractivity contribution >= 4 is 46.1 Å². The molecule has 0 atom stereocenters. The van der Waals surface area contributed by atoms with Crippen LogP contribution in [-0.4, -0.2) is 45.5 Å². The maximum Gasteiger partial charge on any atom is 0.325 e. The lowest BCUT2D eigenvalue weighted by Crippen LogP contribution is -2.32. The van der Waals surface area contributed by atoms with Crippen LogP contribution < -0.4 is 4.74 Å². The summed E-state index contributed by atoms with van der Waals surface area (Å²) in [7, 11) is 1.46. The van der Waals surface area contributed by atoms with Gasteiger partial charge < -0.3 is 14.9 Å². The van der Waals surface area contributed by atoms with Crippen molar-refractivity contribution in [1.82, 2.24) is 4.57 Å². The first kappa shape index (κ1) is 22.0. The van der Waals surface area contributed by atoms with Crippen LogP contribution >= 0.6 is 11.6 Å². The Balaban J connectivity index is 2.17. The quantitative estimate of drug-likeness (QED) is 0.537. The van der Waals surface area contributed by atoms with Gasteiger partial charge in [0.05, 0.1) is 12.6 Å². The molecule has 0 fully saturated rings. The normalized spacial score (nSPS) is 11.0. The molecule has 0 saturated heterocycles. The van der Waals surface area contributed by atoms with Crippen molar-refractivity contribution in [1.29, 1.82) is 0 Å². The van der Waals surface area contributed by atoms with Crippen molar-refractivity contribution in [2.75, 3.05) is 7.11 Å². The minimum Gasteiger partial charge on any atom is -0.497 e. The van der Waals surface area contributed by atoms with Crippen LogP contribution in [0.3, 0.4) is 0 Å². The van der Waals surface area contributed by atoms with Crippen LogP contribution in [0.5, 0.6) is 5.75 Å². The Morgan fingerprint density at radius 3 is 2.19 bits per heavy atom. The first-order valence-electron chi connectivity index (χ1n) is 9.12. The van der Waals surface area contributed by atoms with Gasteiger partial charge in [-0.1, -0.05) is 11.6 Å². The average Bonchev–Trinajstić information content (AvgIpc) is 2.98. The van der Waals surface area contributed by atoms with Crippen molar-refractivity contribution in [3.8, 4) is 5.75 Å². The SMILES string of the molecule is COc1ccc2c(c1)c(CC(=O)C(C(=O)O)C(=O)O)c(C)n2C(=O)c1ccc(Cl)cc1. The molecule has 0 radical (unpaired) electrons. The summed E-state index contributed by atoms with van der Waals surface area (Å²) in [6.45, 7) is 1.61. The van der Waals surface area contributed by atoms with Gasteiger partial charge in [0.2, 0.25) is 5.92 Å². The number of carbonyl (C=O) groups excluding carboxylic acids is 2. The molecular formula is C22H18ClNO7. The van der Waals surface area contributed by atoms with E-state index in [1.807, 2.05) is 0 Å². The number of fused-ring (bicyclic) bond motifs is 1. The number of rotatable bonds is 7. The number of aliphatic carboxylic acids is 2. The van der Waals surface area contributed by atoms with E-state index in [1.54, 1.807) is 49.4 Å². The van der Waals surface area contributed by atoms with Gasteiger partial charge in [-0.25, -0.2) is 0 Å². The third-order valence-corrected chi connectivity index (χ3v) is 5.26. The molecule has 0 aliphatic heterocycles. The highest BCUT2D eigenvalue weighted by atomic mass is 35.5. The van der Waals surface area contributed by atoms with Crippen LogP contribution in [0.4, 0.5) is 0 Å². The molecule has 0 amide bonds. The molecule has 2 N–H and O–H groups in total. The zero-order valence-corrected chi connectivity index (χ0v) is 17.3. The first-order valence-corrected chi connectivity index (χ1v) is 9.50. The molecule has 0 unspecified atom stereocenters. The highest BCUT2D eigenvalue weighted by Crippen LogP contribution is 2.31. The number of benzene rings is 2. The third-order valence-electron chi connectivity index (χ3n) is 5.00. The van der Waals surface area contributed by atoms with E-state index in [0.717, 1.165) is 0 Å². The number of nitrogens with zero attached hydrogens (tertiary/aromatic N) is 1. The number of carboxylic acid groups (broad SMARTS) is 2. The minimum absolute atomic E-state index is 0.354. The number of hydrogen-bond acceptors (Lipinski definition) is 5. The molecule has 2 aromatic carbocycles. The second-order valence-corrected chi connectivity index (χ2v) is 7.28. The number of aromatic nitrogens is 1. The molecule has 0 aliphatic carbocycles. The van der Waals surface area contributed by atoms with Crippen molar-refractivity contribution in [3.05, 3.63) is 64.3 Å². The Morgan fingerprint density at radius 1 is 1.03 bits per heavy atom. The van der Waals surface area contributed by atoms with Gasteiger partial charge in [-0.3, -0.25) is 23.7 Å². The fourth-order valence-electron chi connectivity index (χ4n) is 3.45. The molecule has 3 rings (SSSR count). The average molecular weight is 444 g/mol. The molecule has 1 aromatic heterocycles. The molecule has 31 heavy (non-hydrogen) atoms. The van der Waals surface area contributed by atoms with Gasteiger partial charge in [0, 0.05) is 28.1 Å². The van der Waals surface area contributed by atoms with Gasteiger partial charge in [0.25, 0.3) is 5.91 Å². The minimum atomic E-state index is -2.20. The van der Waals surface area contributed by atoms with E-state index in [-0.39, 0.29) is 5.91 Å². The molecule has 0 spiro atoms. The molecule has 160 valence electrons. The van der Waals surface area contributed by atoms with Gasteiger partial charge in [-0.2, -0.15) is 0 Å². The summed E-state index contributed by atoms with van der Waals surface area (Å²) in [6, 6.07) is 11.2. The molecule has 1 heterocycles. The number of methoxy groups -OCH3 is 1. The lowest BCUT2D eigenvalue weighted by atomic mass is 9.96. The Morgan fingerprint density at radius 2 is 1.65 bits per heavy atom. The smallest absolute Gasteiger partial charge is 0.325 e. The van der Waals surface area contributed by atoms with Gasteiger partial charge in [0.1, 0.15) is 5.75 Å².